The molecule has 2 aromatic rings. The van der Waals surface area contributed by atoms with E-state index in [0.717, 1.165) is 0 Å². The van der Waals surface area contributed by atoms with Gasteiger partial charge in [-0.2, -0.15) is 0 Å². The van der Waals surface area contributed by atoms with Gasteiger partial charge in [0.05, 0.1) is 35.4 Å². The lowest BCUT2D eigenvalue weighted by Crippen LogP contribution is -2.45. The second-order valence-corrected chi connectivity index (χ2v) is 6.97. The van der Waals surface area contributed by atoms with Crippen molar-refractivity contribution >= 4 is 23.3 Å². The Balaban J connectivity index is 1.70. The molecular weight excluding hydrogens is 388 g/mol. The fraction of sp³-hybridized carbons (Fsp3) is 0.238. The van der Waals surface area contributed by atoms with E-state index in [1.54, 1.807) is 48.3 Å². The Kier molecular flexibility index (Phi) is 4.86. The van der Waals surface area contributed by atoms with Crippen molar-refractivity contribution in [1.82, 2.24) is 10.2 Å². The van der Waals surface area contributed by atoms with Gasteiger partial charge < -0.3 is 15.0 Å². The minimum absolute atomic E-state index is 0.100. The predicted molar refractivity (Wildman–Crippen MR) is 109 cm³/mol. The average molecular weight is 408 g/mol. The maximum atomic E-state index is 13.3. The summed E-state index contributed by atoms with van der Waals surface area (Å²) in [6.07, 6.45) is 0. The SMILES string of the molecule is CCOc1ccc(N2CC3=C(C2=O)[C@@H](c2cccc([N+](=O)[O-])c2)NC(=O)N3C)cc1. The molecule has 3 amide bonds. The number of rotatable bonds is 5. The van der Waals surface area contributed by atoms with E-state index in [4.69, 9.17) is 4.74 Å². The van der Waals surface area contributed by atoms with Crippen molar-refractivity contribution in [3.63, 3.8) is 0 Å². The van der Waals surface area contributed by atoms with Gasteiger partial charge in [0.1, 0.15) is 5.75 Å². The molecule has 2 aliphatic heterocycles. The molecular formula is C21H20N4O5. The highest BCUT2D eigenvalue weighted by atomic mass is 16.6. The van der Waals surface area contributed by atoms with Crippen LogP contribution in [0.25, 0.3) is 0 Å². The van der Waals surface area contributed by atoms with E-state index in [-0.39, 0.29) is 24.2 Å². The Hall–Kier alpha value is -3.88. The summed E-state index contributed by atoms with van der Waals surface area (Å²) in [5, 5.41) is 14.0. The fourth-order valence-electron chi connectivity index (χ4n) is 3.73. The Bertz CT molecular complexity index is 1060. The lowest BCUT2D eigenvalue weighted by molar-refractivity contribution is -0.384. The van der Waals surface area contributed by atoms with Crippen LogP contribution in [0.4, 0.5) is 16.2 Å². The van der Waals surface area contributed by atoms with Gasteiger partial charge in [-0.3, -0.25) is 19.8 Å². The first-order chi connectivity index (χ1) is 14.4. The van der Waals surface area contributed by atoms with E-state index in [1.807, 2.05) is 6.92 Å². The van der Waals surface area contributed by atoms with Crippen molar-refractivity contribution < 1.29 is 19.2 Å². The van der Waals surface area contributed by atoms with Gasteiger partial charge in [-0.05, 0) is 36.8 Å². The van der Waals surface area contributed by atoms with E-state index in [9.17, 15) is 19.7 Å². The summed E-state index contributed by atoms with van der Waals surface area (Å²) in [6, 6.07) is 12.0. The van der Waals surface area contributed by atoms with Crippen molar-refractivity contribution in [2.45, 2.75) is 13.0 Å². The molecule has 2 aliphatic rings. The number of carbonyl (C=O) groups excluding carboxylic acids is 2. The van der Waals surface area contributed by atoms with Crippen LogP contribution in [0, 0.1) is 10.1 Å². The summed E-state index contributed by atoms with van der Waals surface area (Å²) < 4.78 is 5.45. The molecule has 0 saturated heterocycles. The third-order valence-corrected chi connectivity index (χ3v) is 5.23. The molecule has 0 aromatic heterocycles. The summed E-state index contributed by atoms with van der Waals surface area (Å²) >= 11 is 0. The Morgan fingerprint density at radius 3 is 2.60 bits per heavy atom. The van der Waals surface area contributed by atoms with Crippen LogP contribution in [0.3, 0.4) is 0 Å². The van der Waals surface area contributed by atoms with Gasteiger partial charge >= 0.3 is 6.03 Å². The topological polar surface area (TPSA) is 105 Å². The van der Waals surface area contributed by atoms with Crippen LogP contribution in [0.15, 0.2) is 59.8 Å². The number of carbonyl (C=O) groups is 2. The normalized spacial score (nSPS) is 18.4. The van der Waals surface area contributed by atoms with Crippen LogP contribution in [0.1, 0.15) is 18.5 Å². The summed E-state index contributed by atoms with van der Waals surface area (Å²) in [7, 11) is 1.60. The van der Waals surface area contributed by atoms with Crippen molar-refractivity contribution in [2.75, 3.05) is 25.1 Å². The van der Waals surface area contributed by atoms with Crippen LogP contribution in [-0.2, 0) is 4.79 Å². The molecule has 2 aromatic carbocycles. The Morgan fingerprint density at radius 1 is 1.20 bits per heavy atom. The number of hydrogen-bond donors (Lipinski definition) is 1. The molecule has 0 bridgehead atoms. The molecule has 0 spiro atoms. The second-order valence-electron chi connectivity index (χ2n) is 6.97. The summed E-state index contributed by atoms with van der Waals surface area (Å²) in [4.78, 5) is 39.5. The van der Waals surface area contributed by atoms with Crippen LogP contribution in [-0.4, -0.2) is 42.0 Å². The average Bonchev–Trinajstić information content (AvgIpc) is 3.09. The molecule has 154 valence electrons. The van der Waals surface area contributed by atoms with Gasteiger partial charge in [0.25, 0.3) is 11.6 Å². The van der Waals surface area contributed by atoms with E-state index >= 15 is 0 Å². The number of ether oxygens (including phenoxy) is 1. The number of urea groups is 1. The van der Waals surface area contributed by atoms with Gasteiger partial charge in [-0.1, -0.05) is 12.1 Å². The highest BCUT2D eigenvalue weighted by Gasteiger charge is 2.43. The number of nitrogens with one attached hydrogen (secondary N) is 1. The van der Waals surface area contributed by atoms with Crippen LogP contribution in [0.5, 0.6) is 5.75 Å². The predicted octanol–water partition coefficient (Wildman–Crippen LogP) is 2.99. The third kappa shape index (κ3) is 3.24. The number of amides is 3. The highest BCUT2D eigenvalue weighted by Crippen LogP contribution is 2.38. The van der Waals surface area contributed by atoms with E-state index < -0.39 is 11.0 Å². The van der Waals surface area contributed by atoms with Gasteiger partial charge in [-0.25, -0.2) is 4.79 Å². The zero-order valence-electron chi connectivity index (χ0n) is 16.5. The first kappa shape index (κ1) is 19.4. The van der Waals surface area contributed by atoms with Crippen molar-refractivity contribution in [3.05, 3.63) is 75.5 Å². The van der Waals surface area contributed by atoms with Crippen LogP contribution in [0.2, 0.25) is 0 Å². The molecule has 4 rings (SSSR count). The Morgan fingerprint density at radius 2 is 1.93 bits per heavy atom. The summed E-state index contributed by atoms with van der Waals surface area (Å²) in [6.45, 7) is 2.67. The van der Waals surface area contributed by atoms with E-state index in [0.29, 0.717) is 34.9 Å². The standard InChI is InChI=1S/C21H20N4O5/c1-3-30-16-9-7-14(8-10-16)24-12-17-18(20(24)26)19(22-21(27)23(17)2)13-5-4-6-15(11-13)25(28)29/h4-11,19H,3,12H2,1-2H3,(H,22,27)/t19-/m1/s1. The number of nitro groups is 1. The fourth-order valence-corrected chi connectivity index (χ4v) is 3.73. The molecule has 1 N–H and O–H groups in total. The summed E-state index contributed by atoms with van der Waals surface area (Å²) in [5.41, 5.74) is 2.05. The Labute approximate surface area is 172 Å². The summed E-state index contributed by atoms with van der Waals surface area (Å²) in [5.74, 6) is 0.451. The lowest BCUT2D eigenvalue weighted by atomic mass is 9.95. The molecule has 30 heavy (non-hydrogen) atoms. The van der Waals surface area contributed by atoms with Gasteiger partial charge in [0, 0.05) is 24.9 Å². The second kappa shape index (κ2) is 7.51. The molecule has 2 heterocycles. The highest BCUT2D eigenvalue weighted by molar-refractivity contribution is 6.11. The molecule has 1 atom stereocenters. The number of likely N-dealkylation sites (N-methyl/N-ethyl adjacent to an activating group) is 1. The largest absolute Gasteiger partial charge is 0.494 e. The molecule has 0 fully saturated rings. The number of nitrogens with zero attached hydrogens (tertiary/aromatic N) is 3. The maximum Gasteiger partial charge on any atom is 0.322 e. The molecule has 9 nitrogen and oxygen atoms in total. The van der Waals surface area contributed by atoms with Gasteiger partial charge in [0.2, 0.25) is 0 Å². The first-order valence-electron chi connectivity index (χ1n) is 9.47. The molecule has 0 aliphatic carbocycles. The van der Waals surface area contributed by atoms with Gasteiger partial charge in [0.15, 0.2) is 0 Å². The minimum Gasteiger partial charge on any atom is -0.494 e. The van der Waals surface area contributed by atoms with Crippen LogP contribution < -0.4 is 15.0 Å². The maximum absolute atomic E-state index is 13.3. The smallest absolute Gasteiger partial charge is 0.322 e. The number of anilines is 1. The van der Waals surface area contributed by atoms with E-state index in [2.05, 4.69) is 5.32 Å². The van der Waals surface area contributed by atoms with Crippen LogP contribution >= 0.6 is 0 Å². The van der Waals surface area contributed by atoms with Gasteiger partial charge in [-0.15, -0.1) is 0 Å². The molecule has 0 saturated carbocycles. The zero-order valence-corrected chi connectivity index (χ0v) is 16.5. The third-order valence-electron chi connectivity index (χ3n) is 5.23. The number of hydrogen-bond acceptors (Lipinski definition) is 5. The lowest BCUT2D eigenvalue weighted by Gasteiger charge is -2.30. The first-order valence-corrected chi connectivity index (χ1v) is 9.47. The quantitative estimate of drug-likeness (QED) is 0.605. The van der Waals surface area contributed by atoms with E-state index in [1.165, 1.54) is 17.0 Å². The van der Waals surface area contributed by atoms with Crippen molar-refractivity contribution in [1.29, 1.82) is 0 Å². The number of non-ortho nitro benzene ring substituents is 1. The minimum atomic E-state index is -0.760. The zero-order chi connectivity index (χ0) is 21.4. The number of benzene rings is 2. The molecule has 9 heteroatoms. The van der Waals surface area contributed by atoms with Crippen molar-refractivity contribution in [2.24, 2.45) is 0 Å². The number of nitro benzene ring substituents is 1. The van der Waals surface area contributed by atoms with Crippen molar-refractivity contribution in [3.8, 4) is 5.75 Å². The monoisotopic (exact) mass is 408 g/mol. The molecule has 0 radical (unpaired) electrons. The molecule has 0 unspecified atom stereocenters.